The third kappa shape index (κ3) is 4.03. The second-order valence-electron chi connectivity index (χ2n) is 1.44. The first kappa shape index (κ1) is 10.5. The molecule has 0 aliphatic carbocycles. The van der Waals surface area contributed by atoms with Crippen LogP contribution in [0.15, 0.2) is 9.77 Å². The Hall–Kier alpha value is -0.510. The van der Waals surface area contributed by atoms with Gasteiger partial charge in [-0.3, -0.25) is 0 Å². The number of hydrogen-bond donors (Lipinski definition) is 0. The van der Waals surface area contributed by atoms with Gasteiger partial charge in [-0.1, -0.05) is 0 Å². The Bertz CT molecular complexity index is 250. The molecule has 0 aromatic heterocycles. The summed E-state index contributed by atoms with van der Waals surface area (Å²) in [6.07, 6.45) is 0. The van der Waals surface area contributed by atoms with Gasteiger partial charge in [0.05, 0.1) is 0 Å². The van der Waals surface area contributed by atoms with Gasteiger partial charge in [0.25, 0.3) is 0 Å². The molecule has 0 bridgehead atoms. The van der Waals surface area contributed by atoms with Gasteiger partial charge >= 0.3 is 67.1 Å². The molecule has 0 aliphatic heterocycles. The summed E-state index contributed by atoms with van der Waals surface area (Å²) < 4.78 is 25.3. The second kappa shape index (κ2) is 2.00. The second-order valence-corrected chi connectivity index (χ2v) is 8.83. The van der Waals surface area contributed by atoms with E-state index in [2.05, 4.69) is 22.5 Å². The van der Waals surface area contributed by atoms with Crippen LogP contribution in [0.1, 0.15) is 0 Å². The Morgan fingerprint density at radius 1 is 1.09 bits per heavy atom. The van der Waals surface area contributed by atoms with E-state index in [1.165, 1.54) is 0 Å². The molecule has 0 aromatic carbocycles. The molecule has 11 heteroatoms. The maximum atomic E-state index is 12.6. The summed E-state index contributed by atoms with van der Waals surface area (Å²) in [7, 11) is 0. The summed E-state index contributed by atoms with van der Waals surface area (Å²) in [6, 6.07) is 0. The number of halogens is 4. The molecule has 0 saturated carbocycles. The van der Waals surface area contributed by atoms with E-state index in [0.29, 0.717) is 0 Å². The van der Waals surface area contributed by atoms with Crippen LogP contribution in [0.25, 0.3) is 20.9 Å². The van der Waals surface area contributed by atoms with Crippen LogP contribution < -0.4 is 0 Å². The predicted molar refractivity (Wildman–Crippen MR) is 39.1 cm³/mol. The van der Waals surface area contributed by atoms with E-state index in [0.717, 1.165) is 0 Å². The summed E-state index contributed by atoms with van der Waals surface area (Å²) in [4.78, 5) is 6.96. The molecule has 0 amide bonds. The normalized spacial score (nSPS) is 16.7. The third-order valence-electron chi connectivity index (χ3n) is 0.430. The summed E-state index contributed by atoms with van der Waals surface area (Å²) in [5.74, 6) is 0. The molecule has 0 spiro atoms. The van der Waals surface area contributed by atoms with E-state index in [1.54, 1.807) is 19.6 Å². The molecule has 6 nitrogen and oxygen atoms in total. The first-order valence-electron chi connectivity index (χ1n) is 1.88. The van der Waals surface area contributed by atoms with Gasteiger partial charge in [-0.15, -0.1) is 0 Å². The minimum atomic E-state index is -7.44. The maximum absolute atomic E-state index is 12.6. The van der Waals surface area contributed by atoms with Crippen LogP contribution in [0.2, 0.25) is 0 Å². The Kier molecular flexibility index (Phi) is 1.91. The van der Waals surface area contributed by atoms with Crippen molar-refractivity contribution in [3.63, 3.8) is 0 Å². The molecule has 0 rings (SSSR count). The predicted octanol–water partition coefficient (Wildman–Crippen LogP) is 4.60. The van der Waals surface area contributed by atoms with Gasteiger partial charge < -0.3 is 0 Å². The quantitative estimate of drug-likeness (QED) is 0.283. The van der Waals surface area contributed by atoms with Crippen molar-refractivity contribution >= 4 is 28.1 Å². The summed E-state index contributed by atoms with van der Waals surface area (Å²) in [5.41, 5.74) is 7.80. The number of azide groups is 1. The molecule has 0 aromatic rings. The van der Waals surface area contributed by atoms with Gasteiger partial charge in [0, 0.05) is 0 Å². The molecule has 0 N–H and O–H groups in total. The van der Waals surface area contributed by atoms with Crippen LogP contribution in [0, 0.1) is 0 Å². The van der Waals surface area contributed by atoms with Crippen LogP contribution >= 0.6 is 28.1 Å². The number of nitrogens with zero attached hydrogens (tertiary/aromatic N) is 6. The third-order valence-corrected chi connectivity index (χ3v) is 2.10. The molecular weight excluding hydrogens is 224 g/mol. The molecule has 0 heterocycles. The summed E-state index contributed by atoms with van der Waals surface area (Å²) in [5, 5.41) is 0. The van der Waals surface area contributed by atoms with Gasteiger partial charge in [0.15, 0.2) is 0 Å². The Morgan fingerprint density at radius 2 is 1.36 bits per heavy atom. The average molecular weight is 224 g/mol. The first-order chi connectivity index (χ1) is 4.62. The Morgan fingerprint density at radius 3 is 1.55 bits per heavy atom. The van der Waals surface area contributed by atoms with Crippen molar-refractivity contribution in [2.45, 2.75) is 0 Å². The fourth-order valence-corrected chi connectivity index (χ4v) is 0.887. The molecule has 0 aliphatic rings. The molecule has 64 valence electrons. The van der Waals surface area contributed by atoms with E-state index < -0.39 is 5.57 Å². The Balaban J connectivity index is 5.54. The zero-order valence-corrected chi connectivity index (χ0v) is 7.05. The van der Waals surface area contributed by atoms with Crippen molar-refractivity contribution in [2.24, 2.45) is 9.77 Å². The van der Waals surface area contributed by atoms with Gasteiger partial charge in [0.2, 0.25) is 0 Å². The molecule has 0 radical (unpaired) electrons. The van der Waals surface area contributed by atoms with E-state index in [-0.39, 0.29) is 0 Å². The average Bonchev–Trinajstić information content (AvgIpc) is 1.59. The van der Waals surface area contributed by atoms with Crippen molar-refractivity contribution in [1.29, 1.82) is 0 Å². The number of rotatable bonds is 2. The van der Waals surface area contributed by atoms with Gasteiger partial charge in [-0.05, 0) is 0 Å². The van der Waals surface area contributed by atoms with Crippen LogP contribution in [-0.2, 0) is 0 Å². The van der Waals surface area contributed by atoms with E-state index in [9.17, 15) is 8.39 Å². The van der Waals surface area contributed by atoms with Gasteiger partial charge in [0.1, 0.15) is 0 Å². The van der Waals surface area contributed by atoms with Crippen LogP contribution in [0.5, 0.6) is 0 Å². The topological polar surface area (TPSA) is 97.5 Å². The van der Waals surface area contributed by atoms with Crippen molar-refractivity contribution in [3.8, 4) is 0 Å². The molecule has 0 unspecified atom stereocenters. The van der Waals surface area contributed by atoms with Crippen molar-refractivity contribution < 1.29 is 8.39 Å². The monoisotopic (exact) mass is 223 g/mol. The van der Waals surface area contributed by atoms with Crippen LogP contribution in [-0.4, -0.2) is 0 Å². The van der Waals surface area contributed by atoms with Crippen LogP contribution in [0.4, 0.5) is 8.39 Å². The van der Waals surface area contributed by atoms with Crippen molar-refractivity contribution in [3.05, 3.63) is 20.9 Å². The summed E-state index contributed by atoms with van der Waals surface area (Å²) in [6.45, 7) is 0. The van der Waals surface area contributed by atoms with Gasteiger partial charge in [-0.25, -0.2) is 0 Å². The molecule has 0 atom stereocenters. The SMILES string of the molecule is [N-]=[N+]=N[P-](F)(F)(Cl)(Cl)N=[N+]=[N-]. The zero-order valence-electron chi connectivity index (χ0n) is 4.64. The fourth-order valence-electron chi connectivity index (χ4n) is 0.175. The minimum absolute atomic E-state index is 1.68. The van der Waals surface area contributed by atoms with Crippen molar-refractivity contribution in [2.75, 3.05) is 0 Å². The van der Waals surface area contributed by atoms with E-state index >= 15 is 0 Å². The van der Waals surface area contributed by atoms with E-state index in [4.69, 9.17) is 11.1 Å². The van der Waals surface area contributed by atoms with E-state index in [1.807, 2.05) is 0 Å². The standard InChI is InChI=1S/Cl2F2N6P/c1-11(2,3,4,9-7-5)10-8-6/q-1. The Labute approximate surface area is 67.8 Å². The molecule has 0 saturated heterocycles. The van der Waals surface area contributed by atoms with Crippen LogP contribution in [0.3, 0.4) is 0 Å². The zero-order chi connectivity index (χ0) is 9.24. The number of hydrogen-bond acceptors (Lipinski definition) is 2. The molecule has 11 heavy (non-hydrogen) atoms. The van der Waals surface area contributed by atoms with Crippen molar-refractivity contribution in [1.82, 2.24) is 0 Å². The van der Waals surface area contributed by atoms with Gasteiger partial charge in [-0.2, -0.15) is 0 Å². The molecular formula is Cl2F2N6P-. The molecule has 0 fully saturated rings. The summed E-state index contributed by atoms with van der Waals surface area (Å²) >= 11 is 8.75. The fraction of sp³-hybridized carbons (Fsp3) is 0. The first-order valence-corrected chi connectivity index (χ1v) is 6.06.